The van der Waals surface area contributed by atoms with Crippen molar-refractivity contribution in [2.45, 2.75) is 32.2 Å². The minimum Gasteiger partial charge on any atom is -0.292 e. The molecule has 1 fully saturated rings. The fourth-order valence-electron chi connectivity index (χ4n) is 4.36. The minimum atomic E-state index is -1.01. The summed E-state index contributed by atoms with van der Waals surface area (Å²) in [4.78, 5) is 53.7. The number of hydrogen-bond acceptors (Lipinski definition) is 4. The second kappa shape index (κ2) is 9.09. The Labute approximate surface area is 191 Å². The highest BCUT2D eigenvalue weighted by molar-refractivity contribution is 6.30. The van der Waals surface area contributed by atoms with Gasteiger partial charge in [-0.2, -0.15) is 5.01 Å². The maximum atomic E-state index is 13.6. The first kappa shape index (κ1) is 22.0. The summed E-state index contributed by atoms with van der Waals surface area (Å²) in [5, 5.41) is 2.45. The molecule has 0 bridgehead atoms. The third-order valence-electron chi connectivity index (χ3n) is 6.04. The quantitative estimate of drug-likeness (QED) is 0.373. The maximum absolute atomic E-state index is 13.6. The van der Waals surface area contributed by atoms with Gasteiger partial charge in [-0.05, 0) is 43.5 Å². The monoisotopic (exact) mass is 450 g/mol. The highest BCUT2D eigenvalue weighted by atomic mass is 35.5. The molecule has 2 aromatic carbocycles. The number of fused-ring (bicyclic) bond motifs is 1. The number of carbonyl (C=O) groups excluding carboxylic acids is 4. The van der Waals surface area contributed by atoms with Crippen molar-refractivity contribution in [3.63, 3.8) is 0 Å². The van der Waals surface area contributed by atoms with E-state index in [-0.39, 0.29) is 17.8 Å². The lowest BCUT2D eigenvalue weighted by Crippen LogP contribution is -2.57. The smallest absolute Gasteiger partial charge is 0.273 e. The van der Waals surface area contributed by atoms with Gasteiger partial charge in [-0.3, -0.25) is 19.2 Å². The second-order valence-corrected chi connectivity index (χ2v) is 8.39. The number of amides is 3. The van der Waals surface area contributed by atoms with E-state index in [1.165, 1.54) is 12.1 Å². The van der Waals surface area contributed by atoms with Crippen LogP contribution in [-0.4, -0.2) is 39.6 Å². The van der Waals surface area contributed by atoms with Gasteiger partial charge in [0.15, 0.2) is 5.78 Å². The fraction of sp³-hybridized carbons (Fsp3) is 0.280. The number of imide groups is 1. The molecule has 2 aliphatic rings. The van der Waals surface area contributed by atoms with Crippen LogP contribution < -0.4 is 0 Å². The number of halogens is 1. The number of benzene rings is 2. The van der Waals surface area contributed by atoms with E-state index in [1.54, 1.807) is 49.4 Å². The highest BCUT2D eigenvalue weighted by Gasteiger charge is 2.52. The topological polar surface area (TPSA) is 74.8 Å². The molecule has 7 heteroatoms. The van der Waals surface area contributed by atoms with Crippen LogP contribution >= 0.6 is 11.6 Å². The van der Waals surface area contributed by atoms with Crippen LogP contribution in [0.5, 0.6) is 0 Å². The van der Waals surface area contributed by atoms with Crippen LogP contribution in [0.3, 0.4) is 0 Å². The molecule has 0 aromatic heterocycles. The van der Waals surface area contributed by atoms with Gasteiger partial charge >= 0.3 is 0 Å². The van der Waals surface area contributed by atoms with Crippen molar-refractivity contribution >= 4 is 35.1 Å². The molecule has 0 saturated carbocycles. The van der Waals surface area contributed by atoms with Crippen molar-refractivity contribution < 1.29 is 19.2 Å². The van der Waals surface area contributed by atoms with Crippen molar-refractivity contribution in [2.75, 3.05) is 0 Å². The molecule has 6 nitrogen and oxygen atoms in total. The van der Waals surface area contributed by atoms with Gasteiger partial charge in [0, 0.05) is 16.1 Å². The van der Waals surface area contributed by atoms with E-state index in [0.717, 1.165) is 10.0 Å². The molecule has 0 radical (unpaired) electrons. The molecule has 3 atom stereocenters. The zero-order valence-corrected chi connectivity index (χ0v) is 18.4. The molecule has 1 aliphatic carbocycles. The first-order chi connectivity index (χ1) is 15.4. The Hall–Kier alpha value is -3.25. The van der Waals surface area contributed by atoms with E-state index in [9.17, 15) is 19.2 Å². The summed E-state index contributed by atoms with van der Waals surface area (Å²) < 4.78 is 0. The van der Waals surface area contributed by atoms with Crippen LogP contribution in [0.15, 0.2) is 66.7 Å². The third kappa shape index (κ3) is 3.86. The first-order valence-electron chi connectivity index (χ1n) is 10.6. The molecular weight excluding hydrogens is 428 g/mol. The summed E-state index contributed by atoms with van der Waals surface area (Å²) in [6.07, 6.45) is 4.88. The summed E-state index contributed by atoms with van der Waals surface area (Å²) in [7, 11) is 0. The van der Waals surface area contributed by atoms with Crippen molar-refractivity contribution in [1.82, 2.24) is 10.0 Å². The normalized spacial score (nSPS) is 20.8. The number of rotatable bonds is 6. The molecule has 1 heterocycles. The lowest BCUT2D eigenvalue weighted by molar-refractivity contribution is -0.156. The Kier molecular flexibility index (Phi) is 6.24. The van der Waals surface area contributed by atoms with E-state index < -0.39 is 35.6 Å². The molecule has 32 heavy (non-hydrogen) atoms. The van der Waals surface area contributed by atoms with Crippen molar-refractivity contribution in [2.24, 2.45) is 11.8 Å². The van der Waals surface area contributed by atoms with Gasteiger partial charge in [-0.25, -0.2) is 5.01 Å². The maximum Gasteiger partial charge on any atom is 0.273 e. The van der Waals surface area contributed by atoms with E-state index >= 15 is 0 Å². The van der Waals surface area contributed by atoms with Gasteiger partial charge in [-0.1, -0.05) is 61.0 Å². The zero-order valence-electron chi connectivity index (χ0n) is 17.6. The number of ketones is 1. The molecule has 164 valence electrons. The number of nitrogens with zero attached hydrogens (tertiary/aromatic N) is 2. The number of hydrazine groups is 1. The van der Waals surface area contributed by atoms with E-state index in [2.05, 4.69) is 0 Å². The Morgan fingerprint density at radius 3 is 2.03 bits per heavy atom. The van der Waals surface area contributed by atoms with Crippen molar-refractivity contribution in [3.8, 4) is 0 Å². The molecule has 0 N–H and O–H groups in total. The average Bonchev–Trinajstić information content (AvgIpc) is 3.08. The van der Waals surface area contributed by atoms with Crippen LogP contribution in [0, 0.1) is 11.8 Å². The number of hydrogen-bond donors (Lipinski definition) is 0. The number of carbonyl (C=O) groups is 4. The van der Waals surface area contributed by atoms with Crippen LogP contribution in [0.25, 0.3) is 0 Å². The van der Waals surface area contributed by atoms with Gasteiger partial charge in [-0.15, -0.1) is 0 Å². The Bertz CT molecular complexity index is 1050. The summed E-state index contributed by atoms with van der Waals surface area (Å²) in [6.45, 7) is 1.76. The highest BCUT2D eigenvalue weighted by Crippen LogP contribution is 2.37. The lowest BCUT2D eigenvalue weighted by atomic mass is 9.85. The molecule has 1 saturated heterocycles. The molecule has 0 unspecified atom stereocenters. The van der Waals surface area contributed by atoms with Gasteiger partial charge in [0.05, 0.1) is 11.8 Å². The van der Waals surface area contributed by atoms with E-state index in [0.29, 0.717) is 23.4 Å². The predicted octanol–water partition coefficient (Wildman–Crippen LogP) is 4.31. The van der Waals surface area contributed by atoms with Crippen LogP contribution in [0.2, 0.25) is 5.02 Å². The zero-order chi connectivity index (χ0) is 22.8. The van der Waals surface area contributed by atoms with Gasteiger partial charge < -0.3 is 0 Å². The Balaban J connectivity index is 1.78. The summed E-state index contributed by atoms with van der Waals surface area (Å²) >= 11 is 5.97. The summed E-state index contributed by atoms with van der Waals surface area (Å²) in [6, 6.07) is 13.7. The van der Waals surface area contributed by atoms with Crippen molar-refractivity contribution in [1.29, 1.82) is 0 Å². The Morgan fingerprint density at radius 1 is 0.938 bits per heavy atom. The fourth-order valence-corrected chi connectivity index (χ4v) is 4.48. The molecule has 2 aromatic rings. The standard InChI is InChI=1S/C25H23ClN2O4/c1-2-21(22(29)16-8-4-3-5-9-16)27(23(30)17-12-14-18(26)15-13-17)28-24(31)19-10-6-7-11-20(19)25(28)32/h3-9,12-15,19-21H,2,10-11H2,1H3/t19-,20-,21-/m1/s1. The van der Waals surface area contributed by atoms with Crippen LogP contribution in [-0.2, 0) is 9.59 Å². The Morgan fingerprint density at radius 2 is 1.50 bits per heavy atom. The second-order valence-electron chi connectivity index (χ2n) is 7.96. The largest absolute Gasteiger partial charge is 0.292 e. The summed E-state index contributed by atoms with van der Waals surface area (Å²) in [5.41, 5.74) is 0.647. The van der Waals surface area contributed by atoms with Crippen LogP contribution in [0.4, 0.5) is 0 Å². The molecular formula is C25H23ClN2O4. The van der Waals surface area contributed by atoms with Gasteiger partial charge in [0.25, 0.3) is 17.7 Å². The van der Waals surface area contributed by atoms with E-state index in [4.69, 9.17) is 11.6 Å². The molecule has 1 aliphatic heterocycles. The minimum absolute atomic E-state index is 0.234. The predicted molar refractivity (Wildman–Crippen MR) is 120 cm³/mol. The summed E-state index contributed by atoms with van der Waals surface area (Å²) in [5.74, 6) is -2.83. The average molecular weight is 451 g/mol. The van der Waals surface area contributed by atoms with E-state index in [1.807, 2.05) is 12.2 Å². The van der Waals surface area contributed by atoms with Crippen LogP contribution in [0.1, 0.15) is 46.9 Å². The molecule has 4 rings (SSSR count). The molecule has 3 amide bonds. The third-order valence-corrected chi connectivity index (χ3v) is 6.29. The lowest BCUT2D eigenvalue weighted by Gasteiger charge is -2.36. The number of allylic oxidation sites excluding steroid dienone is 2. The van der Waals surface area contributed by atoms with Crippen molar-refractivity contribution in [3.05, 3.63) is 82.9 Å². The van der Waals surface area contributed by atoms with Gasteiger partial charge in [0.2, 0.25) is 0 Å². The SMILES string of the molecule is CC[C@H](C(=O)c1ccccc1)N(C(=O)c1ccc(Cl)cc1)N1C(=O)[C@@H]2CC=CC[C@H]2C1=O. The van der Waals surface area contributed by atoms with Gasteiger partial charge in [0.1, 0.15) is 6.04 Å². The number of Topliss-reactive ketones (excluding diaryl/α,β-unsaturated/α-hetero) is 1. The first-order valence-corrected chi connectivity index (χ1v) is 11.0. The molecule has 0 spiro atoms.